The van der Waals surface area contributed by atoms with Crippen LogP contribution in [0.1, 0.15) is 36.5 Å². The quantitative estimate of drug-likeness (QED) is 0.209. The lowest BCUT2D eigenvalue weighted by molar-refractivity contribution is -0.121. The maximum absolute atomic E-state index is 12.5. The second-order valence-electron chi connectivity index (χ2n) is 10.4. The number of aromatic nitrogens is 1. The number of pyridine rings is 1. The van der Waals surface area contributed by atoms with Crippen LogP contribution in [0.4, 0.5) is 0 Å². The van der Waals surface area contributed by atoms with E-state index in [1.54, 1.807) is 12.1 Å². The number of carbonyl (C=O) groups excluding carboxylic acids is 1. The van der Waals surface area contributed by atoms with E-state index in [1.165, 1.54) is 12.1 Å². The molecule has 0 aliphatic carbocycles. The molecule has 1 unspecified atom stereocenters. The molecule has 0 radical (unpaired) electrons. The fraction of sp³-hybridized carbons (Fsp3) is 0.312. The predicted octanol–water partition coefficient (Wildman–Crippen LogP) is 3.69. The first-order valence-electron chi connectivity index (χ1n) is 13.9. The molecule has 0 saturated carbocycles. The van der Waals surface area contributed by atoms with E-state index in [9.17, 15) is 19.8 Å². The Labute approximate surface area is 233 Å². The molecule has 5 N–H and O–H groups in total. The molecule has 1 aliphatic heterocycles. The molecule has 0 bridgehead atoms. The van der Waals surface area contributed by atoms with Gasteiger partial charge in [0.1, 0.15) is 5.75 Å². The molecule has 0 spiro atoms. The number of nitrogens with zero attached hydrogens (tertiary/aromatic N) is 1. The van der Waals surface area contributed by atoms with Gasteiger partial charge in [-0.05, 0) is 66.4 Å². The molecule has 1 aliphatic rings. The normalized spacial score (nSPS) is 15.2. The van der Waals surface area contributed by atoms with E-state index in [-0.39, 0.29) is 23.3 Å². The summed E-state index contributed by atoms with van der Waals surface area (Å²) in [5, 5.41) is 28.0. The largest absolute Gasteiger partial charge is 0.506 e. The monoisotopic (exact) mass is 540 g/mol. The van der Waals surface area contributed by atoms with Crippen LogP contribution < -0.4 is 16.2 Å². The van der Waals surface area contributed by atoms with E-state index in [0.717, 1.165) is 49.2 Å². The van der Waals surface area contributed by atoms with Crippen molar-refractivity contribution in [1.82, 2.24) is 20.5 Å². The Kier molecular flexibility index (Phi) is 8.91. The number of piperidine rings is 1. The van der Waals surface area contributed by atoms with E-state index in [2.05, 4.69) is 44.8 Å². The van der Waals surface area contributed by atoms with E-state index in [4.69, 9.17) is 0 Å². The van der Waals surface area contributed by atoms with Gasteiger partial charge in [-0.1, -0.05) is 54.6 Å². The number of benzene rings is 3. The van der Waals surface area contributed by atoms with Crippen LogP contribution >= 0.6 is 0 Å². The van der Waals surface area contributed by atoms with Gasteiger partial charge in [0.05, 0.1) is 11.6 Å². The Morgan fingerprint density at radius 1 is 0.975 bits per heavy atom. The number of aliphatic hydroxyl groups is 1. The molecule has 1 saturated heterocycles. The van der Waals surface area contributed by atoms with E-state index in [0.29, 0.717) is 36.0 Å². The summed E-state index contributed by atoms with van der Waals surface area (Å²) >= 11 is 0. The number of aromatic amines is 1. The third-order valence-electron chi connectivity index (χ3n) is 7.63. The first kappa shape index (κ1) is 27.6. The van der Waals surface area contributed by atoms with Crippen LogP contribution in [0.25, 0.3) is 22.0 Å². The van der Waals surface area contributed by atoms with Crippen molar-refractivity contribution in [2.75, 3.05) is 26.2 Å². The Morgan fingerprint density at radius 3 is 2.55 bits per heavy atom. The Morgan fingerprint density at radius 2 is 1.75 bits per heavy atom. The molecule has 1 aromatic heterocycles. The predicted molar refractivity (Wildman–Crippen MR) is 157 cm³/mol. The highest BCUT2D eigenvalue weighted by atomic mass is 16.3. The molecule has 2 heterocycles. The number of rotatable bonds is 10. The zero-order valence-electron chi connectivity index (χ0n) is 22.5. The number of carbonyl (C=O) groups is 1. The number of nitrogens with one attached hydrogen (secondary N) is 3. The molecular weight excluding hydrogens is 504 g/mol. The number of H-pyrrole nitrogens is 1. The first-order chi connectivity index (χ1) is 19.5. The molecular formula is C32H36N4O4. The van der Waals surface area contributed by atoms with Gasteiger partial charge in [0.2, 0.25) is 11.5 Å². The van der Waals surface area contributed by atoms with Crippen LogP contribution in [0.3, 0.4) is 0 Å². The molecule has 1 amide bonds. The van der Waals surface area contributed by atoms with Gasteiger partial charge in [-0.25, -0.2) is 0 Å². The van der Waals surface area contributed by atoms with Crippen molar-refractivity contribution in [2.24, 2.45) is 0 Å². The van der Waals surface area contributed by atoms with E-state index >= 15 is 0 Å². The molecule has 1 fully saturated rings. The Bertz CT molecular complexity index is 1500. The van der Waals surface area contributed by atoms with E-state index in [1.807, 2.05) is 30.3 Å². The molecule has 4 aromatic rings. The number of hydrogen-bond acceptors (Lipinski definition) is 6. The van der Waals surface area contributed by atoms with Gasteiger partial charge < -0.3 is 30.7 Å². The Hall–Kier alpha value is -3.98. The van der Waals surface area contributed by atoms with Crippen molar-refractivity contribution in [3.05, 3.63) is 100 Å². The lowest BCUT2D eigenvalue weighted by Gasteiger charge is -2.32. The summed E-state index contributed by atoms with van der Waals surface area (Å²) in [5.41, 5.74) is 4.08. The van der Waals surface area contributed by atoms with Gasteiger partial charge in [0.25, 0.3) is 0 Å². The van der Waals surface area contributed by atoms with Crippen molar-refractivity contribution in [1.29, 1.82) is 0 Å². The van der Waals surface area contributed by atoms with Crippen LogP contribution in [0.2, 0.25) is 0 Å². The number of phenolic OH excluding ortho intramolecular Hbond substituents is 1. The maximum atomic E-state index is 12.5. The molecule has 8 nitrogen and oxygen atoms in total. The molecule has 8 heteroatoms. The van der Waals surface area contributed by atoms with Crippen LogP contribution in [0.15, 0.2) is 83.7 Å². The minimum atomic E-state index is -0.774. The smallest absolute Gasteiger partial charge is 0.248 e. The summed E-state index contributed by atoms with van der Waals surface area (Å²) in [6.07, 6.45) is 1.56. The number of phenols is 1. The fourth-order valence-corrected chi connectivity index (χ4v) is 5.34. The van der Waals surface area contributed by atoms with Crippen LogP contribution in [-0.4, -0.2) is 58.2 Å². The maximum Gasteiger partial charge on any atom is 0.248 e. The zero-order chi connectivity index (χ0) is 27.9. The summed E-state index contributed by atoms with van der Waals surface area (Å²) in [5.74, 6) is 0.0332. The van der Waals surface area contributed by atoms with E-state index < -0.39 is 6.10 Å². The number of hydrogen-bond donors (Lipinski definition) is 5. The Balaban J connectivity index is 1.03. The van der Waals surface area contributed by atoms with Crippen LogP contribution in [0.5, 0.6) is 5.75 Å². The zero-order valence-corrected chi connectivity index (χ0v) is 22.5. The SMILES string of the molecule is O=C(CCN1CCC(NCC(O)c2ccc(O)c3[nH]c(=O)ccc23)CC1)NCc1cccc(-c2ccccc2)c1. The van der Waals surface area contributed by atoms with Gasteiger partial charge in [-0.15, -0.1) is 0 Å². The lowest BCUT2D eigenvalue weighted by Crippen LogP contribution is -2.44. The van der Waals surface area contributed by atoms with Gasteiger partial charge in [-0.2, -0.15) is 0 Å². The topological polar surface area (TPSA) is 118 Å². The molecule has 208 valence electrons. The molecule has 3 aromatic carbocycles. The molecule has 40 heavy (non-hydrogen) atoms. The third kappa shape index (κ3) is 6.96. The lowest BCUT2D eigenvalue weighted by atomic mass is 10.0. The van der Waals surface area contributed by atoms with Crippen molar-refractivity contribution < 1.29 is 15.0 Å². The molecule has 1 atom stereocenters. The minimum absolute atomic E-state index is 0.0186. The van der Waals surface area contributed by atoms with Gasteiger partial charge in [-0.3, -0.25) is 9.59 Å². The summed E-state index contributed by atoms with van der Waals surface area (Å²) in [6.45, 7) is 3.40. The second-order valence-corrected chi connectivity index (χ2v) is 10.4. The standard InChI is InChI=1S/C32H36N4O4/c37-28-11-9-26(27-10-12-31(40)35-32(27)28)29(38)21-33-25-13-16-36(17-14-25)18-15-30(39)34-20-22-5-4-8-24(19-22)23-6-2-1-3-7-23/h1-12,19,25,29,33,37-38H,13-18,20-21H2,(H,34,39)(H,35,40). The molecule has 5 rings (SSSR count). The average Bonchev–Trinajstić information content (AvgIpc) is 2.99. The number of likely N-dealkylation sites (tertiary alicyclic amines) is 1. The highest BCUT2D eigenvalue weighted by Gasteiger charge is 2.21. The summed E-state index contributed by atoms with van der Waals surface area (Å²) in [6, 6.07) is 25.0. The van der Waals surface area contributed by atoms with Crippen LogP contribution in [-0.2, 0) is 11.3 Å². The van der Waals surface area contributed by atoms with Gasteiger partial charge in [0, 0.05) is 43.5 Å². The van der Waals surface area contributed by atoms with Crippen molar-refractivity contribution in [3.8, 4) is 16.9 Å². The first-order valence-corrected chi connectivity index (χ1v) is 13.9. The summed E-state index contributed by atoms with van der Waals surface area (Å²) in [4.78, 5) is 29.1. The van der Waals surface area contributed by atoms with Crippen LogP contribution in [0, 0.1) is 0 Å². The summed E-state index contributed by atoms with van der Waals surface area (Å²) < 4.78 is 0. The van der Waals surface area contributed by atoms with Crippen molar-refractivity contribution in [3.63, 3.8) is 0 Å². The highest BCUT2D eigenvalue weighted by Crippen LogP contribution is 2.28. The fourth-order valence-electron chi connectivity index (χ4n) is 5.34. The number of fused-ring (bicyclic) bond motifs is 1. The summed E-state index contributed by atoms with van der Waals surface area (Å²) in [7, 11) is 0. The number of amides is 1. The highest BCUT2D eigenvalue weighted by molar-refractivity contribution is 5.87. The van der Waals surface area contributed by atoms with Crippen molar-refractivity contribution in [2.45, 2.75) is 38.0 Å². The van der Waals surface area contributed by atoms with Crippen molar-refractivity contribution >= 4 is 16.8 Å². The number of aromatic hydroxyl groups is 1. The second kappa shape index (κ2) is 12.9. The minimum Gasteiger partial charge on any atom is -0.506 e. The third-order valence-corrected chi connectivity index (χ3v) is 7.63. The van der Waals surface area contributed by atoms with Gasteiger partial charge in [0.15, 0.2) is 0 Å². The van der Waals surface area contributed by atoms with Gasteiger partial charge >= 0.3 is 0 Å². The average molecular weight is 541 g/mol. The number of aliphatic hydroxyl groups excluding tert-OH is 1.